The van der Waals surface area contributed by atoms with E-state index >= 15 is 0 Å². The average molecular weight is 422 g/mol. The summed E-state index contributed by atoms with van der Waals surface area (Å²) in [6.45, 7) is -0.0959. The van der Waals surface area contributed by atoms with E-state index in [-0.39, 0.29) is 12.2 Å². The number of urea groups is 1. The van der Waals surface area contributed by atoms with Crippen molar-refractivity contribution in [3.63, 3.8) is 0 Å². The van der Waals surface area contributed by atoms with Crippen LogP contribution >= 0.6 is 22.6 Å². The Bertz CT molecular complexity index is 802. The number of carbonyl (C=O) groups excluding carboxylic acids is 2. The van der Waals surface area contributed by atoms with Gasteiger partial charge in [0.1, 0.15) is 11.5 Å². The van der Waals surface area contributed by atoms with Gasteiger partial charge in [-0.1, -0.05) is 30.3 Å². The van der Waals surface area contributed by atoms with Gasteiger partial charge in [-0.3, -0.25) is 9.69 Å². The molecule has 3 amide bonds. The van der Waals surface area contributed by atoms with Gasteiger partial charge in [0.15, 0.2) is 0 Å². The van der Waals surface area contributed by atoms with Crippen LogP contribution in [0.15, 0.2) is 54.2 Å². The maximum atomic E-state index is 13.7. The van der Waals surface area contributed by atoms with Crippen molar-refractivity contribution < 1.29 is 14.0 Å². The zero-order valence-corrected chi connectivity index (χ0v) is 14.1. The Labute approximate surface area is 146 Å². The second-order valence-electron chi connectivity index (χ2n) is 5.02. The maximum Gasteiger partial charge on any atom is 0.329 e. The molecule has 0 aromatic heterocycles. The van der Waals surface area contributed by atoms with Gasteiger partial charge in [0.05, 0.1) is 6.54 Å². The molecule has 1 N–H and O–H groups in total. The summed E-state index contributed by atoms with van der Waals surface area (Å²) >= 11 is 2.19. The standard InChI is InChI=1S/C17H12FIN2O2/c18-14-4-2-1-3-12(14)10-21-16(22)15(20-17(21)23)9-11-5-7-13(19)8-6-11/h1-9H,10H2,(H,20,23)/b15-9-. The number of nitrogens with zero attached hydrogens (tertiary/aromatic N) is 1. The molecular formula is C17H12FIN2O2. The first-order chi connectivity index (χ1) is 11.0. The quantitative estimate of drug-likeness (QED) is 0.468. The molecule has 0 saturated carbocycles. The summed E-state index contributed by atoms with van der Waals surface area (Å²) in [5.74, 6) is -0.903. The predicted molar refractivity (Wildman–Crippen MR) is 92.6 cm³/mol. The summed E-state index contributed by atoms with van der Waals surface area (Å²) in [5, 5.41) is 2.53. The van der Waals surface area contributed by atoms with Crippen molar-refractivity contribution in [1.82, 2.24) is 10.2 Å². The van der Waals surface area contributed by atoms with Gasteiger partial charge in [0, 0.05) is 9.13 Å². The van der Waals surface area contributed by atoms with Crippen LogP contribution in [0, 0.1) is 9.39 Å². The monoisotopic (exact) mass is 422 g/mol. The van der Waals surface area contributed by atoms with Crippen LogP contribution in [0.2, 0.25) is 0 Å². The Balaban J connectivity index is 1.82. The lowest BCUT2D eigenvalue weighted by Crippen LogP contribution is -2.30. The topological polar surface area (TPSA) is 49.4 Å². The van der Waals surface area contributed by atoms with Crippen LogP contribution in [-0.2, 0) is 11.3 Å². The number of hydrogen-bond donors (Lipinski definition) is 1. The molecule has 6 heteroatoms. The molecule has 1 fully saturated rings. The fourth-order valence-electron chi connectivity index (χ4n) is 2.24. The number of benzene rings is 2. The van der Waals surface area contributed by atoms with Gasteiger partial charge in [-0.2, -0.15) is 0 Å². The third kappa shape index (κ3) is 3.42. The normalized spacial score (nSPS) is 16.1. The smallest absolute Gasteiger partial charge is 0.303 e. The first-order valence-electron chi connectivity index (χ1n) is 6.88. The van der Waals surface area contributed by atoms with Crippen molar-refractivity contribution in [2.24, 2.45) is 0 Å². The van der Waals surface area contributed by atoms with Crippen molar-refractivity contribution in [1.29, 1.82) is 0 Å². The Hall–Kier alpha value is -2.22. The largest absolute Gasteiger partial charge is 0.329 e. The number of amides is 3. The Morgan fingerprint density at radius 2 is 1.78 bits per heavy atom. The minimum absolute atomic E-state index is 0.0959. The molecule has 2 aromatic rings. The summed E-state index contributed by atoms with van der Waals surface area (Å²) in [6, 6.07) is 13.1. The Morgan fingerprint density at radius 1 is 1.09 bits per heavy atom. The lowest BCUT2D eigenvalue weighted by atomic mass is 10.2. The molecule has 0 unspecified atom stereocenters. The number of halogens is 2. The van der Waals surface area contributed by atoms with E-state index in [2.05, 4.69) is 27.9 Å². The van der Waals surface area contributed by atoms with E-state index in [1.807, 2.05) is 24.3 Å². The predicted octanol–water partition coefficient (Wildman–Crippen LogP) is 3.52. The van der Waals surface area contributed by atoms with Crippen LogP contribution < -0.4 is 5.32 Å². The van der Waals surface area contributed by atoms with Crippen LogP contribution in [0.25, 0.3) is 6.08 Å². The molecule has 4 nitrogen and oxygen atoms in total. The molecule has 3 rings (SSSR count). The average Bonchev–Trinajstić information content (AvgIpc) is 2.79. The first-order valence-corrected chi connectivity index (χ1v) is 7.96. The maximum absolute atomic E-state index is 13.7. The lowest BCUT2D eigenvalue weighted by Gasteiger charge is -2.12. The van der Waals surface area contributed by atoms with Crippen LogP contribution in [0.3, 0.4) is 0 Å². The molecule has 1 aliphatic rings. The lowest BCUT2D eigenvalue weighted by molar-refractivity contribution is -0.123. The Morgan fingerprint density at radius 3 is 2.48 bits per heavy atom. The van der Waals surface area contributed by atoms with Gasteiger partial charge in [-0.25, -0.2) is 9.18 Å². The third-order valence-electron chi connectivity index (χ3n) is 3.43. The highest BCUT2D eigenvalue weighted by Gasteiger charge is 2.33. The highest BCUT2D eigenvalue weighted by molar-refractivity contribution is 14.1. The molecule has 1 saturated heterocycles. The molecule has 1 heterocycles. The summed E-state index contributed by atoms with van der Waals surface area (Å²) in [4.78, 5) is 25.3. The van der Waals surface area contributed by atoms with Gasteiger partial charge < -0.3 is 5.32 Å². The molecule has 0 bridgehead atoms. The second kappa shape index (κ2) is 6.49. The van der Waals surface area contributed by atoms with E-state index < -0.39 is 17.8 Å². The van der Waals surface area contributed by atoms with Crippen molar-refractivity contribution in [2.45, 2.75) is 6.54 Å². The number of rotatable bonds is 3. The zero-order valence-electron chi connectivity index (χ0n) is 11.9. The van der Waals surface area contributed by atoms with Crippen molar-refractivity contribution in [2.75, 3.05) is 0 Å². The van der Waals surface area contributed by atoms with Crippen LogP contribution in [0.5, 0.6) is 0 Å². The van der Waals surface area contributed by atoms with Crippen LogP contribution in [0.1, 0.15) is 11.1 Å². The van der Waals surface area contributed by atoms with Crippen molar-refractivity contribution in [3.8, 4) is 0 Å². The van der Waals surface area contributed by atoms with Crippen molar-refractivity contribution >= 4 is 40.6 Å². The highest BCUT2D eigenvalue weighted by atomic mass is 127. The highest BCUT2D eigenvalue weighted by Crippen LogP contribution is 2.18. The summed E-state index contributed by atoms with van der Waals surface area (Å²) < 4.78 is 14.8. The minimum Gasteiger partial charge on any atom is -0.303 e. The van der Waals surface area contributed by atoms with E-state index in [1.54, 1.807) is 24.3 Å². The van der Waals surface area contributed by atoms with Gasteiger partial charge in [-0.05, 0) is 52.4 Å². The van der Waals surface area contributed by atoms with Crippen LogP contribution in [0.4, 0.5) is 9.18 Å². The number of carbonyl (C=O) groups is 2. The zero-order chi connectivity index (χ0) is 16.4. The first kappa shape index (κ1) is 15.7. The van der Waals surface area contributed by atoms with Crippen LogP contribution in [-0.4, -0.2) is 16.8 Å². The van der Waals surface area contributed by atoms with E-state index in [0.29, 0.717) is 5.56 Å². The number of hydrogen-bond acceptors (Lipinski definition) is 2. The van der Waals surface area contributed by atoms with Crippen molar-refractivity contribution in [3.05, 3.63) is 74.7 Å². The third-order valence-corrected chi connectivity index (χ3v) is 4.15. The van der Waals surface area contributed by atoms with E-state index in [0.717, 1.165) is 14.0 Å². The molecule has 0 aliphatic carbocycles. The molecule has 0 atom stereocenters. The summed E-state index contributed by atoms with van der Waals surface area (Å²) in [7, 11) is 0. The molecular weight excluding hydrogens is 410 g/mol. The van der Waals surface area contributed by atoms with Gasteiger partial charge in [-0.15, -0.1) is 0 Å². The summed E-state index contributed by atoms with van der Waals surface area (Å²) in [5.41, 5.74) is 1.29. The number of nitrogens with one attached hydrogen (secondary N) is 1. The second-order valence-corrected chi connectivity index (χ2v) is 6.27. The fraction of sp³-hybridized carbons (Fsp3) is 0.0588. The molecule has 0 radical (unpaired) electrons. The van der Waals surface area contributed by atoms with E-state index in [9.17, 15) is 14.0 Å². The molecule has 116 valence electrons. The molecule has 1 aliphatic heterocycles. The fourth-order valence-corrected chi connectivity index (χ4v) is 2.60. The van der Waals surface area contributed by atoms with Gasteiger partial charge >= 0.3 is 6.03 Å². The van der Waals surface area contributed by atoms with Gasteiger partial charge in [0.25, 0.3) is 5.91 Å². The molecule has 2 aromatic carbocycles. The minimum atomic E-state index is -0.546. The van der Waals surface area contributed by atoms with E-state index in [1.165, 1.54) is 6.07 Å². The number of imide groups is 1. The van der Waals surface area contributed by atoms with E-state index in [4.69, 9.17) is 0 Å². The Kier molecular flexibility index (Phi) is 4.42. The molecule has 0 spiro atoms. The molecule has 23 heavy (non-hydrogen) atoms. The SMILES string of the molecule is O=C1N/C(=C\c2ccc(I)cc2)C(=O)N1Cc1ccccc1F. The summed E-state index contributed by atoms with van der Waals surface area (Å²) in [6.07, 6.45) is 1.61. The van der Waals surface area contributed by atoms with Gasteiger partial charge in [0.2, 0.25) is 0 Å².